The second-order valence-electron chi connectivity index (χ2n) is 4.67. The monoisotopic (exact) mass is 306 g/mol. The maximum absolute atomic E-state index is 11.9. The van der Waals surface area contributed by atoms with Gasteiger partial charge in [0, 0.05) is 13.1 Å². The number of amides is 2. The minimum Gasteiger partial charge on any atom is -0.341 e. The van der Waals surface area contributed by atoms with Crippen molar-refractivity contribution in [3.8, 4) is 10.7 Å². The van der Waals surface area contributed by atoms with Crippen molar-refractivity contribution in [1.82, 2.24) is 20.4 Å². The third kappa shape index (κ3) is 3.10. The van der Waals surface area contributed by atoms with Crippen molar-refractivity contribution in [2.24, 2.45) is 0 Å². The van der Waals surface area contributed by atoms with Gasteiger partial charge < -0.3 is 14.7 Å². The van der Waals surface area contributed by atoms with Gasteiger partial charge in [0.15, 0.2) is 0 Å². The van der Waals surface area contributed by atoms with Crippen LogP contribution in [0.3, 0.4) is 0 Å². The molecule has 110 valence electrons. The molecule has 2 amide bonds. The van der Waals surface area contributed by atoms with Crippen molar-refractivity contribution in [3.63, 3.8) is 0 Å². The lowest BCUT2D eigenvalue weighted by atomic mass is 10.4. The lowest BCUT2D eigenvalue weighted by molar-refractivity contribution is -0.129. The van der Waals surface area contributed by atoms with Gasteiger partial charge in [-0.25, -0.2) is 0 Å². The van der Waals surface area contributed by atoms with E-state index in [0.29, 0.717) is 5.82 Å². The molecule has 0 radical (unpaired) electrons. The number of carbonyl (C=O) groups is 2. The van der Waals surface area contributed by atoms with Gasteiger partial charge in [0.2, 0.25) is 11.7 Å². The first-order valence-electron chi connectivity index (χ1n) is 6.67. The SMILES string of the molecule is O=C(NCC(=O)N1CCCC1)c1nc(-c2cccs2)no1. The molecule has 0 saturated carbocycles. The number of hydrogen-bond donors (Lipinski definition) is 1. The third-order valence-corrected chi connectivity index (χ3v) is 4.09. The van der Waals surface area contributed by atoms with Crippen LogP contribution in [-0.4, -0.2) is 46.5 Å². The number of likely N-dealkylation sites (tertiary alicyclic amines) is 1. The first kappa shape index (κ1) is 13.7. The highest BCUT2D eigenvalue weighted by Crippen LogP contribution is 2.21. The minimum absolute atomic E-state index is 0.0461. The zero-order valence-electron chi connectivity index (χ0n) is 11.2. The fraction of sp³-hybridized carbons (Fsp3) is 0.385. The largest absolute Gasteiger partial charge is 0.341 e. The molecule has 7 nitrogen and oxygen atoms in total. The number of nitrogens with one attached hydrogen (secondary N) is 1. The van der Waals surface area contributed by atoms with Crippen LogP contribution in [0.15, 0.2) is 22.0 Å². The molecule has 0 atom stereocenters. The van der Waals surface area contributed by atoms with Crippen molar-refractivity contribution < 1.29 is 14.1 Å². The highest BCUT2D eigenvalue weighted by Gasteiger charge is 2.21. The summed E-state index contributed by atoms with van der Waals surface area (Å²) in [7, 11) is 0. The van der Waals surface area contributed by atoms with Gasteiger partial charge in [-0.15, -0.1) is 11.3 Å². The summed E-state index contributed by atoms with van der Waals surface area (Å²) in [5.74, 6) is -0.370. The van der Waals surface area contributed by atoms with E-state index >= 15 is 0 Å². The average molecular weight is 306 g/mol. The molecule has 1 saturated heterocycles. The summed E-state index contributed by atoms with van der Waals surface area (Å²) >= 11 is 1.46. The zero-order chi connectivity index (χ0) is 14.7. The van der Waals surface area contributed by atoms with Crippen molar-refractivity contribution in [2.45, 2.75) is 12.8 Å². The Morgan fingerprint density at radius 1 is 1.38 bits per heavy atom. The lowest BCUT2D eigenvalue weighted by Gasteiger charge is -2.14. The smallest absolute Gasteiger partial charge is 0.316 e. The molecule has 3 heterocycles. The van der Waals surface area contributed by atoms with Gasteiger partial charge in [-0.05, 0) is 24.3 Å². The highest BCUT2D eigenvalue weighted by atomic mass is 32.1. The van der Waals surface area contributed by atoms with Crippen molar-refractivity contribution in [2.75, 3.05) is 19.6 Å². The van der Waals surface area contributed by atoms with Gasteiger partial charge in [0.1, 0.15) is 0 Å². The number of carbonyl (C=O) groups excluding carboxylic acids is 2. The molecule has 1 aliphatic heterocycles. The Morgan fingerprint density at radius 3 is 2.90 bits per heavy atom. The van der Waals surface area contributed by atoms with Crippen LogP contribution in [0.1, 0.15) is 23.5 Å². The zero-order valence-corrected chi connectivity index (χ0v) is 12.1. The van der Waals surface area contributed by atoms with Crippen molar-refractivity contribution in [1.29, 1.82) is 0 Å². The van der Waals surface area contributed by atoms with E-state index in [9.17, 15) is 9.59 Å². The molecule has 0 unspecified atom stereocenters. The summed E-state index contributed by atoms with van der Waals surface area (Å²) < 4.78 is 4.92. The molecule has 0 bridgehead atoms. The number of hydrogen-bond acceptors (Lipinski definition) is 6. The Labute approximate surface area is 124 Å². The fourth-order valence-electron chi connectivity index (χ4n) is 2.13. The van der Waals surface area contributed by atoms with Crippen molar-refractivity contribution in [3.05, 3.63) is 23.4 Å². The lowest BCUT2D eigenvalue weighted by Crippen LogP contribution is -2.38. The second kappa shape index (κ2) is 6.04. The molecule has 21 heavy (non-hydrogen) atoms. The van der Waals surface area contributed by atoms with Crippen LogP contribution in [0.25, 0.3) is 10.7 Å². The number of aromatic nitrogens is 2. The molecule has 3 rings (SSSR count). The molecule has 8 heteroatoms. The standard InChI is InChI=1S/C13H14N4O3S/c18-10(17-5-1-2-6-17)8-14-12(19)13-15-11(16-20-13)9-4-3-7-21-9/h3-4,7H,1-2,5-6,8H2,(H,14,19). The normalized spacial score (nSPS) is 14.4. The number of nitrogens with zero attached hydrogens (tertiary/aromatic N) is 3. The van der Waals surface area contributed by atoms with Crippen LogP contribution in [0.2, 0.25) is 0 Å². The summed E-state index contributed by atoms with van der Waals surface area (Å²) in [5.41, 5.74) is 0. The summed E-state index contributed by atoms with van der Waals surface area (Å²) in [6, 6.07) is 3.71. The van der Waals surface area contributed by atoms with Crippen LogP contribution in [0.4, 0.5) is 0 Å². The summed E-state index contributed by atoms with van der Waals surface area (Å²) in [4.78, 5) is 30.3. The maximum Gasteiger partial charge on any atom is 0.316 e. The Hall–Kier alpha value is -2.22. The van der Waals surface area contributed by atoms with E-state index in [1.54, 1.807) is 4.90 Å². The van der Waals surface area contributed by atoms with E-state index in [1.807, 2.05) is 17.5 Å². The summed E-state index contributed by atoms with van der Waals surface area (Å²) in [5, 5.41) is 8.15. The Bertz CT molecular complexity index is 632. The molecule has 1 N–H and O–H groups in total. The van der Waals surface area contributed by atoms with Gasteiger partial charge >= 0.3 is 11.8 Å². The number of thiophene rings is 1. The van der Waals surface area contributed by atoms with E-state index in [2.05, 4.69) is 15.5 Å². The van der Waals surface area contributed by atoms with Crippen LogP contribution in [-0.2, 0) is 4.79 Å². The van der Waals surface area contributed by atoms with Gasteiger partial charge in [0.05, 0.1) is 11.4 Å². The molecule has 2 aromatic rings. The Kier molecular flexibility index (Phi) is 3.96. The van der Waals surface area contributed by atoms with E-state index in [4.69, 9.17) is 4.52 Å². The molecule has 2 aromatic heterocycles. The van der Waals surface area contributed by atoms with Crippen molar-refractivity contribution >= 4 is 23.2 Å². The van der Waals surface area contributed by atoms with Crippen LogP contribution in [0, 0.1) is 0 Å². The first-order valence-corrected chi connectivity index (χ1v) is 7.55. The molecule has 0 aliphatic carbocycles. The molecule has 1 aliphatic rings. The van der Waals surface area contributed by atoms with E-state index in [0.717, 1.165) is 30.8 Å². The van der Waals surface area contributed by atoms with Crippen LogP contribution < -0.4 is 5.32 Å². The topological polar surface area (TPSA) is 88.3 Å². The fourth-order valence-corrected chi connectivity index (χ4v) is 2.78. The van der Waals surface area contributed by atoms with Gasteiger partial charge in [0.25, 0.3) is 0 Å². The van der Waals surface area contributed by atoms with E-state index in [-0.39, 0.29) is 18.3 Å². The second-order valence-corrected chi connectivity index (χ2v) is 5.62. The minimum atomic E-state index is -0.530. The molecular weight excluding hydrogens is 292 g/mol. The molecule has 0 spiro atoms. The maximum atomic E-state index is 11.9. The van der Waals surface area contributed by atoms with E-state index in [1.165, 1.54) is 11.3 Å². The van der Waals surface area contributed by atoms with Gasteiger partial charge in [-0.2, -0.15) is 4.98 Å². The average Bonchev–Trinajstić information content (AvgIpc) is 3.25. The molecule has 0 aromatic carbocycles. The van der Waals surface area contributed by atoms with E-state index < -0.39 is 5.91 Å². The highest BCUT2D eigenvalue weighted by molar-refractivity contribution is 7.13. The summed E-state index contributed by atoms with van der Waals surface area (Å²) in [6.45, 7) is 1.48. The van der Waals surface area contributed by atoms with Crippen LogP contribution in [0.5, 0.6) is 0 Å². The predicted molar refractivity (Wildman–Crippen MR) is 75.8 cm³/mol. The predicted octanol–water partition coefficient (Wildman–Crippen LogP) is 1.15. The third-order valence-electron chi connectivity index (χ3n) is 3.22. The first-order chi connectivity index (χ1) is 10.2. The molecular formula is C13H14N4O3S. The summed E-state index contributed by atoms with van der Waals surface area (Å²) in [6.07, 6.45) is 2.04. The Balaban J connectivity index is 1.57. The number of rotatable bonds is 4. The Morgan fingerprint density at radius 2 is 2.19 bits per heavy atom. The quantitative estimate of drug-likeness (QED) is 0.915. The van der Waals surface area contributed by atoms with Gasteiger partial charge in [-0.1, -0.05) is 11.2 Å². The van der Waals surface area contributed by atoms with Gasteiger partial charge in [-0.3, -0.25) is 9.59 Å². The molecule has 1 fully saturated rings. The van der Waals surface area contributed by atoms with Crippen LogP contribution >= 0.6 is 11.3 Å².